The van der Waals surface area contributed by atoms with Crippen LogP contribution in [0.1, 0.15) is 22.8 Å². The summed E-state index contributed by atoms with van der Waals surface area (Å²) < 4.78 is 6.47. The second-order valence-corrected chi connectivity index (χ2v) is 6.35. The maximum absolute atomic E-state index is 13.2. The van der Waals surface area contributed by atoms with Gasteiger partial charge in [-0.3, -0.25) is 15.0 Å². The summed E-state index contributed by atoms with van der Waals surface area (Å²) in [6.45, 7) is 1.96. The molecule has 0 spiro atoms. The summed E-state index contributed by atoms with van der Waals surface area (Å²) in [6, 6.07) is 18.7. The minimum Gasteiger partial charge on any atom is -0.462 e. The average molecular weight is 401 g/mol. The molecular formula is C22H19N5O3. The van der Waals surface area contributed by atoms with Gasteiger partial charge in [-0.15, -0.1) is 0 Å². The van der Waals surface area contributed by atoms with Gasteiger partial charge in [0.1, 0.15) is 5.56 Å². The summed E-state index contributed by atoms with van der Waals surface area (Å²) >= 11 is 0. The standard InChI is InChI=1S/C22H19N5O3/c1-2-30-22(29)18-14-24-25-20(18)23-13-17-19(15-9-5-3-6-10-15)26-27(21(17)28)16-11-7-4-8-12-16/h3-14,26H,2H2,1H3,(H,24,25). The molecule has 0 unspecified atom stereocenters. The number of carbonyl (C=O) groups is 1. The lowest BCUT2D eigenvalue weighted by Gasteiger charge is -2.01. The molecule has 0 amide bonds. The Balaban J connectivity index is 1.81. The van der Waals surface area contributed by atoms with E-state index in [9.17, 15) is 9.59 Å². The van der Waals surface area contributed by atoms with Gasteiger partial charge in [0.2, 0.25) is 0 Å². The SMILES string of the molecule is CCOC(=O)c1cn[nH]c1N=Cc1c(-c2ccccc2)[nH]n(-c2ccccc2)c1=O. The predicted molar refractivity (Wildman–Crippen MR) is 114 cm³/mol. The van der Waals surface area contributed by atoms with Crippen LogP contribution < -0.4 is 5.56 Å². The molecule has 0 bridgehead atoms. The number of para-hydroxylation sites is 1. The van der Waals surface area contributed by atoms with Crippen molar-refractivity contribution in [3.8, 4) is 16.9 Å². The molecule has 0 aliphatic heterocycles. The Kier molecular flexibility index (Phi) is 5.38. The number of nitrogens with zero attached hydrogens (tertiary/aromatic N) is 3. The van der Waals surface area contributed by atoms with Gasteiger partial charge in [-0.2, -0.15) is 5.10 Å². The zero-order valence-corrected chi connectivity index (χ0v) is 16.2. The third kappa shape index (κ3) is 3.70. The molecule has 0 fully saturated rings. The fourth-order valence-corrected chi connectivity index (χ4v) is 3.02. The largest absolute Gasteiger partial charge is 0.462 e. The first-order valence-electron chi connectivity index (χ1n) is 9.39. The van der Waals surface area contributed by atoms with Crippen molar-refractivity contribution in [2.24, 2.45) is 4.99 Å². The Bertz CT molecular complexity index is 1240. The number of H-pyrrole nitrogens is 2. The minimum absolute atomic E-state index is 0.202. The molecule has 0 saturated heterocycles. The minimum atomic E-state index is -0.530. The van der Waals surface area contributed by atoms with E-state index in [0.717, 1.165) is 5.56 Å². The summed E-state index contributed by atoms with van der Waals surface area (Å²) in [5.41, 5.74) is 2.45. The molecule has 8 heteroatoms. The average Bonchev–Trinajstić information content (AvgIpc) is 3.38. The molecule has 8 nitrogen and oxygen atoms in total. The second-order valence-electron chi connectivity index (χ2n) is 6.35. The number of aromatic amines is 2. The molecule has 0 saturated carbocycles. The fourth-order valence-electron chi connectivity index (χ4n) is 3.02. The van der Waals surface area contributed by atoms with E-state index < -0.39 is 5.97 Å². The molecule has 150 valence electrons. The lowest BCUT2D eigenvalue weighted by molar-refractivity contribution is 0.0527. The van der Waals surface area contributed by atoms with Gasteiger partial charge in [0.15, 0.2) is 5.82 Å². The molecule has 4 aromatic rings. The molecule has 4 rings (SSSR count). The maximum Gasteiger partial charge on any atom is 0.343 e. The first kappa shape index (κ1) is 19.1. The number of hydrogen-bond donors (Lipinski definition) is 2. The van der Waals surface area contributed by atoms with Crippen molar-refractivity contribution in [1.29, 1.82) is 0 Å². The van der Waals surface area contributed by atoms with Crippen LogP contribution in [-0.2, 0) is 4.74 Å². The van der Waals surface area contributed by atoms with E-state index in [2.05, 4.69) is 20.3 Å². The van der Waals surface area contributed by atoms with E-state index in [1.165, 1.54) is 17.1 Å². The van der Waals surface area contributed by atoms with E-state index in [0.29, 0.717) is 16.9 Å². The van der Waals surface area contributed by atoms with Gasteiger partial charge in [0.25, 0.3) is 5.56 Å². The van der Waals surface area contributed by atoms with Gasteiger partial charge < -0.3 is 4.74 Å². The van der Waals surface area contributed by atoms with Gasteiger partial charge in [-0.05, 0) is 19.1 Å². The molecule has 2 heterocycles. The number of esters is 1. The molecule has 2 aromatic heterocycles. The molecule has 2 aromatic carbocycles. The summed E-state index contributed by atoms with van der Waals surface area (Å²) in [4.78, 5) is 29.5. The number of hydrogen-bond acceptors (Lipinski definition) is 5. The van der Waals surface area contributed by atoms with Crippen LogP contribution in [0.15, 0.2) is 76.6 Å². The van der Waals surface area contributed by atoms with Gasteiger partial charge in [0, 0.05) is 11.8 Å². The zero-order chi connectivity index (χ0) is 20.9. The molecule has 0 aliphatic rings. The van der Waals surface area contributed by atoms with E-state index in [4.69, 9.17) is 4.74 Å². The van der Waals surface area contributed by atoms with Gasteiger partial charge in [-0.1, -0.05) is 48.5 Å². The molecule has 0 atom stereocenters. The highest BCUT2D eigenvalue weighted by molar-refractivity contribution is 5.96. The van der Waals surface area contributed by atoms with Crippen LogP contribution >= 0.6 is 0 Å². The third-order valence-corrected chi connectivity index (χ3v) is 4.44. The van der Waals surface area contributed by atoms with E-state index in [1.807, 2.05) is 60.7 Å². The molecule has 0 aliphatic carbocycles. The highest BCUT2D eigenvalue weighted by Crippen LogP contribution is 2.21. The smallest absolute Gasteiger partial charge is 0.343 e. The lowest BCUT2D eigenvalue weighted by atomic mass is 10.1. The van der Waals surface area contributed by atoms with Crippen molar-refractivity contribution in [2.75, 3.05) is 6.61 Å². The Labute approximate surface area is 171 Å². The van der Waals surface area contributed by atoms with Crippen molar-refractivity contribution in [2.45, 2.75) is 6.92 Å². The zero-order valence-electron chi connectivity index (χ0n) is 16.2. The van der Waals surface area contributed by atoms with Crippen molar-refractivity contribution < 1.29 is 9.53 Å². The fraction of sp³-hybridized carbons (Fsp3) is 0.0909. The van der Waals surface area contributed by atoms with Crippen LogP contribution in [0.25, 0.3) is 16.9 Å². The normalized spacial score (nSPS) is 11.1. The second kappa shape index (κ2) is 8.44. The predicted octanol–water partition coefficient (Wildman–Crippen LogP) is 3.48. The number of benzene rings is 2. The van der Waals surface area contributed by atoms with E-state index in [1.54, 1.807) is 6.92 Å². The van der Waals surface area contributed by atoms with Crippen molar-refractivity contribution in [3.05, 3.63) is 88.3 Å². The van der Waals surface area contributed by atoms with Crippen molar-refractivity contribution >= 4 is 18.0 Å². The molecular weight excluding hydrogens is 382 g/mol. The highest BCUT2D eigenvalue weighted by atomic mass is 16.5. The number of aromatic nitrogens is 4. The van der Waals surface area contributed by atoms with E-state index in [-0.39, 0.29) is 23.5 Å². The number of ether oxygens (including phenoxy) is 1. The highest BCUT2D eigenvalue weighted by Gasteiger charge is 2.17. The van der Waals surface area contributed by atoms with Crippen LogP contribution in [0.4, 0.5) is 5.82 Å². The number of rotatable bonds is 6. The summed E-state index contributed by atoms with van der Waals surface area (Å²) in [7, 11) is 0. The molecule has 30 heavy (non-hydrogen) atoms. The van der Waals surface area contributed by atoms with Crippen molar-refractivity contribution in [3.63, 3.8) is 0 Å². The van der Waals surface area contributed by atoms with Crippen molar-refractivity contribution in [1.82, 2.24) is 20.0 Å². The van der Waals surface area contributed by atoms with Crippen LogP contribution in [0, 0.1) is 0 Å². The first-order valence-corrected chi connectivity index (χ1v) is 9.39. The van der Waals surface area contributed by atoms with Crippen LogP contribution in [-0.4, -0.2) is 38.8 Å². The van der Waals surface area contributed by atoms with Crippen LogP contribution in [0.2, 0.25) is 0 Å². The summed E-state index contributed by atoms with van der Waals surface area (Å²) in [5.74, 6) is -0.309. The lowest BCUT2D eigenvalue weighted by Crippen LogP contribution is -2.17. The summed E-state index contributed by atoms with van der Waals surface area (Å²) in [5, 5.41) is 9.69. The Morgan fingerprint density at radius 2 is 1.83 bits per heavy atom. The van der Waals surface area contributed by atoms with Crippen LogP contribution in [0.3, 0.4) is 0 Å². The van der Waals surface area contributed by atoms with Gasteiger partial charge in [-0.25, -0.2) is 14.5 Å². The number of carbonyl (C=O) groups excluding carboxylic acids is 1. The van der Waals surface area contributed by atoms with Gasteiger partial charge in [0.05, 0.1) is 29.7 Å². The maximum atomic E-state index is 13.2. The Morgan fingerprint density at radius 3 is 2.53 bits per heavy atom. The number of aliphatic imine (C=N–C) groups is 1. The third-order valence-electron chi connectivity index (χ3n) is 4.44. The molecule has 2 N–H and O–H groups in total. The quantitative estimate of drug-likeness (QED) is 0.381. The molecule has 0 radical (unpaired) electrons. The van der Waals surface area contributed by atoms with Crippen LogP contribution in [0.5, 0.6) is 0 Å². The van der Waals surface area contributed by atoms with E-state index >= 15 is 0 Å². The summed E-state index contributed by atoms with van der Waals surface area (Å²) in [6.07, 6.45) is 2.78. The number of nitrogens with one attached hydrogen (secondary N) is 2. The monoisotopic (exact) mass is 401 g/mol. The van der Waals surface area contributed by atoms with Gasteiger partial charge >= 0.3 is 5.97 Å². The Hall–Kier alpha value is -4.20. The Morgan fingerprint density at radius 1 is 1.13 bits per heavy atom. The first-order chi connectivity index (χ1) is 14.7. The topological polar surface area (TPSA) is 105 Å².